The lowest BCUT2D eigenvalue weighted by Gasteiger charge is -2.22. The minimum atomic E-state index is 0.252. The van der Waals surface area contributed by atoms with Crippen molar-refractivity contribution in [2.45, 2.75) is 57.7 Å². The number of amides is 1. The summed E-state index contributed by atoms with van der Waals surface area (Å²) >= 11 is 0. The molecule has 26 heavy (non-hydrogen) atoms. The van der Waals surface area contributed by atoms with E-state index in [2.05, 4.69) is 32.4 Å². The van der Waals surface area contributed by atoms with E-state index in [0.29, 0.717) is 24.3 Å². The van der Waals surface area contributed by atoms with Gasteiger partial charge in [-0.15, -0.1) is 0 Å². The summed E-state index contributed by atoms with van der Waals surface area (Å²) in [6, 6.07) is 3.06. The van der Waals surface area contributed by atoms with Crippen molar-refractivity contribution >= 4 is 33.8 Å². The maximum absolute atomic E-state index is 13.0. The van der Waals surface area contributed by atoms with Crippen LogP contribution in [0.25, 0.3) is 22.1 Å². The number of rotatable bonds is 5. The number of nitrogen functional groups attached to an aromatic ring is 1. The summed E-state index contributed by atoms with van der Waals surface area (Å²) in [6.45, 7) is 2.84. The van der Waals surface area contributed by atoms with E-state index < -0.39 is 0 Å². The molecule has 0 aromatic carbocycles. The molecule has 136 valence electrons. The van der Waals surface area contributed by atoms with Gasteiger partial charge in [-0.3, -0.25) is 4.79 Å². The van der Waals surface area contributed by atoms with E-state index in [9.17, 15) is 4.79 Å². The number of fused-ring (bicyclic) bond motifs is 3. The van der Waals surface area contributed by atoms with E-state index in [0.717, 1.165) is 60.0 Å². The second kappa shape index (κ2) is 5.46. The van der Waals surface area contributed by atoms with Gasteiger partial charge in [0, 0.05) is 36.8 Å². The monoisotopic (exact) mass is 352 g/mol. The van der Waals surface area contributed by atoms with Crippen molar-refractivity contribution in [2.75, 3.05) is 5.73 Å². The largest absolute Gasteiger partial charge is 0.382 e. The molecule has 0 atom stereocenters. The molecule has 2 fully saturated rings. The summed E-state index contributed by atoms with van der Waals surface area (Å²) in [5.41, 5.74) is 9.70. The van der Waals surface area contributed by atoms with Crippen LogP contribution in [-0.4, -0.2) is 42.0 Å². The number of hydrogen-bond donors (Lipinski definition) is 1. The first kappa shape index (κ1) is 15.7. The molecule has 0 spiro atoms. The maximum Gasteiger partial charge on any atom is 0.229 e. The number of nitrogens with two attached hydrogens (primary N) is 1. The number of carbonyl (C=O) groups is 1. The average Bonchev–Trinajstić information content (AvgIpc) is 3.53. The fraction of sp³-hybridized carbons (Fsp3) is 0.526. The number of aromatic nitrogens is 4. The highest BCUT2D eigenvalue weighted by Gasteiger charge is 2.42. The molecule has 7 heteroatoms. The molecule has 0 unspecified atom stereocenters. The van der Waals surface area contributed by atoms with Crippen molar-refractivity contribution in [3.8, 4) is 0 Å². The minimum absolute atomic E-state index is 0.252. The molecule has 1 amide bonds. The Bertz CT molecular complexity index is 1010. The third kappa shape index (κ3) is 2.29. The molecule has 3 heterocycles. The number of nitrogens with zero attached hydrogens (tertiary/aromatic N) is 5. The number of carbonyl (C=O) groups excluding carboxylic acids is 1. The summed E-state index contributed by atoms with van der Waals surface area (Å²) in [7, 11) is 1.96. The van der Waals surface area contributed by atoms with Gasteiger partial charge in [0.05, 0.1) is 18.3 Å². The fourth-order valence-corrected chi connectivity index (χ4v) is 4.14. The van der Waals surface area contributed by atoms with Crippen LogP contribution in [0, 0.1) is 0 Å². The van der Waals surface area contributed by atoms with Crippen LogP contribution in [0.3, 0.4) is 0 Å². The number of pyridine rings is 1. The Morgan fingerprint density at radius 2 is 2.00 bits per heavy atom. The molecule has 7 nitrogen and oxygen atoms in total. The third-order valence-electron chi connectivity index (χ3n) is 5.63. The lowest BCUT2D eigenvalue weighted by Crippen LogP contribution is -2.36. The quantitative estimate of drug-likeness (QED) is 0.763. The Balaban J connectivity index is 1.60. The van der Waals surface area contributed by atoms with Crippen LogP contribution in [0.1, 0.15) is 38.3 Å². The molecule has 0 aliphatic heterocycles. The van der Waals surface area contributed by atoms with E-state index in [1.54, 1.807) is 6.33 Å². The second-order valence-electron chi connectivity index (χ2n) is 7.61. The zero-order valence-corrected chi connectivity index (χ0v) is 15.3. The summed E-state index contributed by atoms with van der Waals surface area (Å²) < 4.78 is 4.09. The molecule has 2 aliphatic carbocycles. The Labute approximate surface area is 151 Å². The van der Waals surface area contributed by atoms with Crippen LogP contribution in [-0.2, 0) is 24.8 Å². The molecule has 5 rings (SSSR count). The number of aryl methyl sites for hydroxylation is 2. The molecule has 2 aliphatic rings. The molecule has 0 bridgehead atoms. The molecule has 0 radical (unpaired) electrons. The highest BCUT2D eigenvalue weighted by atomic mass is 16.2. The topological polar surface area (TPSA) is 82.0 Å². The van der Waals surface area contributed by atoms with Crippen molar-refractivity contribution < 1.29 is 4.79 Å². The zero-order valence-electron chi connectivity index (χ0n) is 15.3. The van der Waals surface area contributed by atoms with Gasteiger partial charge in [0.15, 0.2) is 5.82 Å². The third-order valence-corrected chi connectivity index (χ3v) is 5.63. The van der Waals surface area contributed by atoms with Crippen LogP contribution < -0.4 is 5.73 Å². The Hall–Kier alpha value is -2.57. The fourth-order valence-electron chi connectivity index (χ4n) is 4.14. The van der Waals surface area contributed by atoms with Gasteiger partial charge in [0.2, 0.25) is 5.91 Å². The van der Waals surface area contributed by atoms with Crippen molar-refractivity contribution in [3.05, 3.63) is 18.1 Å². The van der Waals surface area contributed by atoms with Gasteiger partial charge in [0.1, 0.15) is 11.2 Å². The first-order valence-electron chi connectivity index (χ1n) is 9.48. The summed E-state index contributed by atoms with van der Waals surface area (Å²) in [4.78, 5) is 24.1. The normalized spacial score (nSPS) is 17.3. The van der Waals surface area contributed by atoms with E-state index in [-0.39, 0.29) is 5.91 Å². The van der Waals surface area contributed by atoms with Gasteiger partial charge in [-0.2, -0.15) is 0 Å². The molecule has 3 aromatic heterocycles. The predicted octanol–water partition coefficient (Wildman–Crippen LogP) is 2.22. The number of anilines is 1. The SMILES string of the molecule is CCn1c(CC(=O)N(C2CC2)C2CC2)cc2c3c(ncn3C)c(N)nc21. The van der Waals surface area contributed by atoms with Crippen molar-refractivity contribution in [3.63, 3.8) is 0 Å². The van der Waals surface area contributed by atoms with Gasteiger partial charge in [-0.05, 0) is 38.7 Å². The maximum atomic E-state index is 13.0. The van der Waals surface area contributed by atoms with E-state index in [4.69, 9.17) is 5.73 Å². The summed E-state index contributed by atoms with van der Waals surface area (Å²) in [5.74, 6) is 0.693. The van der Waals surface area contributed by atoms with E-state index in [1.807, 2.05) is 11.6 Å². The zero-order chi connectivity index (χ0) is 18.0. The van der Waals surface area contributed by atoms with Crippen molar-refractivity contribution in [2.24, 2.45) is 7.05 Å². The van der Waals surface area contributed by atoms with Gasteiger partial charge in [-0.1, -0.05) is 0 Å². The Kier molecular flexibility index (Phi) is 3.29. The first-order chi connectivity index (χ1) is 12.6. The van der Waals surface area contributed by atoms with Gasteiger partial charge in [0.25, 0.3) is 0 Å². The van der Waals surface area contributed by atoms with Crippen LogP contribution in [0.15, 0.2) is 12.4 Å². The van der Waals surface area contributed by atoms with Gasteiger partial charge < -0.3 is 19.8 Å². The van der Waals surface area contributed by atoms with Crippen LogP contribution in [0.5, 0.6) is 0 Å². The molecule has 2 N–H and O–H groups in total. The second-order valence-corrected chi connectivity index (χ2v) is 7.61. The van der Waals surface area contributed by atoms with Crippen LogP contribution >= 0.6 is 0 Å². The Morgan fingerprint density at radius 1 is 1.31 bits per heavy atom. The lowest BCUT2D eigenvalue weighted by molar-refractivity contribution is -0.131. The van der Waals surface area contributed by atoms with Crippen LogP contribution in [0.4, 0.5) is 5.82 Å². The standard InChI is InChI=1S/C19H24N6O/c1-3-24-13(9-15(26)25(11-4-5-11)12-6-7-12)8-14-17-16(21-10-23(17)2)18(20)22-19(14)24/h8,10-12H,3-7,9H2,1-2H3,(H2,20,22). The number of imidazole rings is 1. The van der Waals surface area contributed by atoms with E-state index in [1.165, 1.54) is 0 Å². The molecular formula is C19H24N6O. The smallest absolute Gasteiger partial charge is 0.229 e. The highest BCUT2D eigenvalue weighted by molar-refractivity contribution is 6.06. The minimum Gasteiger partial charge on any atom is -0.382 e. The van der Waals surface area contributed by atoms with Crippen LogP contribution in [0.2, 0.25) is 0 Å². The molecule has 3 aromatic rings. The lowest BCUT2D eigenvalue weighted by atomic mass is 10.2. The first-order valence-corrected chi connectivity index (χ1v) is 9.48. The molecular weight excluding hydrogens is 328 g/mol. The summed E-state index contributed by atoms with van der Waals surface area (Å²) in [5, 5.41) is 1.02. The highest BCUT2D eigenvalue weighted by Crippen LogP contribution is 2.38. The molecule has 2 saturated carbocycles. The summed E-state index contributed by atoms with van der Waals surface area (Å²) in [6.07, 6.45) is 6.83. The van der Waals surface area contributed by atoms with E-state index >= 15 is 0 Å². The van der Waals surface area contributed by atoms with Crippen molar-refractivity contribution in [1.29, 1.82) is 0 Å². The number of hydrogen-bond acceptors (Lipinski definition) is 4. The van der Waals surface area contributed by atoms with Gasteiger partial charge >= 0.3 is 0 Å². The average molecular weight is 352 g/mol. The predicted molar refractivity (Wildman–Crippen MR) is 101 cm³/mol. The molecule has 0 saturated heterocycles. The Morgan fingerprint density at radius 3 is 2.62 bits per heavy atom. The van der Waals surface area contributed by atoms with Crippen molar-refractivity contribution in [1.82, 2.24) is 24.0 Å². The van der Waals surface area contributed by atoms with Gasteiger partial charge in [-0.25, -0.2) is 9.97 Å².